The molecule has 19 heavy (non-hydrogen) atoms. The maximum atomic E-state index is 11.6. The average Bonchev–Trinajstić information content (AvgIpc) is 2.26. The molecule has 0 atom stereocenters. The number of ether oxygens (including phenoxy) is 1. The number of rotatable bonds is 4. The van der Waals surface area contributed by atoms with E-state index in [1.165, 1.54) is 12.1 Å². The third-order valence-electron chi connectivity index (χ3n) is 1.85. The Kier molecular flexibility index (Phi) is 4.72. The Morgan fingerprint density at radius 3 is 2.58 bits per heavy atom. The summed E-state index contributed by atoms with van der Waals surface area (Å²) in [6.45, 7) is 3.18. The highest BCUT2D eigenvalue weighted by Gasteiger charge is 2.17. The molecule has 0 aliphatic heterocycles. The van der Waals surface area contributed by atoms with E-state index in [0.29, 0.717) is 0 Å². The van der Waals surface area contributed by atoms with Crippen LogP contribution in [0.15, 0.2) is 24.3 Å². The van der Waals surface area contributed by atoms with Crippen molar-refractivity contribution in [3.8, 4) is 6.07 Å². The maximum Gasteiger partial charge on any atom is 0.422 e. The molecule has 0 saturated carbocycles. The van der Waals surface area contributed by atoms with Crippen LogP contribution in [-0.4, -0.2) is 20.6 Å². The number of hydrogen-bond acceptors (Lipinski definition) is 5. The molecule has 0 aliphatic carbocycles. The predicted molar refractivity (Wildman–Crippen MR) is 68.5 cm³/mol. The Morgan fingerprint density at radius 2 is 2.00 bits per heavy atom. The molecular weight excluding hydrogens is 270 g/mol. The van der Waals surface area contributed by atoms with Crippen molar-refractivity contribution >= 4 is 22.0 Å². The summed E-state index contributed by atoms with van der Waals surface area (Å²) in [7, 11) is -4.14. The summed E-state index contributed by atoms with van der Waals surface area (Å²) in [5.74, 6) is 0. The Hall–Kier alpha value is -2.27. The number of nitriles is 1. The molecular formula is C11H13N3O4S. The van der Waals surface area contributed by atoms with Crippen LogP contribution in [0.25, 0.3) is 0 Å². The van der Waals surface area contributed by atoms with E-state index in [-0.39, 0.29) is 11.3 Å². The molecule has 0 bridgehead atoms. The largest absolute Gasteiger partial charge is 0.446 e. The summed E-state index contributed by atoms with van der Waals surface area (Å²) < 4.78 is 31.7. The van der Waals surface area contributed by atoms with Gasteiger partial charge in [0.25, 0.3) is 0 Å². The quantitative estimate of drug-likeness (QED) is 0.867. The van der Waals surface area contributed by atoms with Crippen LogP contribution in [0.2, 0.25) is 0 Å². The van der Waals surface area contributed by atoms with Crippen LogP contribution in [0.1, 0.15) is 19.4 Å². The molecule has 1 aromatic rings. The highest BCUT2D eigenvalue weighted by Crippen LogP contribution is 2.14. The highest BCUT2D eigenvalue weighted by atomic mass is 32.2. The van der Waals surface area contributed by atoms with Crippen molar-refractivity contribution in [3.05, 3.63) is 29.8 Å². The van der Waals surface area contributed by atoms with Crippen molar-refractivity contribution in [1.29, 1.82) is 5.26 Å². The molecule has 0 aliphatic rings. The summed E-state index contributed by atoms with van der Waals surface area (Å²) >= 11 is 0. The van der Waals surface area contributed by atoms with E-state index < -0.39 is 22.4 Å². The first kappa shape index (κ1) is 14.8. The lowest BCUT2D eigenvalue weighted by molar-refractivity contribution is 0.121. The Morgan fingerprint density at radius 1 is 1.37 bits per heavy atom. The molecule has 8 heteroatoms. The molecule has 1 amide bonds. The van der Waals surface area contributed by atoms with Crippen LogP contribution < -0.4 is 9.44 Å². The number of nitrogens with zero attached hydrogens (tertiary/aromatic N) is 1. The predicted octanol–water partition coefficient (Wildman–Crippen LogP) is 1.35. The fourth-order valence-electron chi connectivity index (χ4n) is 1.19. The van der Waals surface area contributed by atoms with Gasteiger partial charge in [-0.15, -0.1) is 0 Å². The van der Waals surface area contributed by atoms with Crippen LogP contribution in [-0.2, 0) is 14.9 Å². The zero-order chi connectivity index (χ0) is 14.5. The minimum Gasteiger partial charge on any atom is -0.446 e. The second-order valence-electron chi connectivity index (χ2n) is 3.82. The molecule has 0 heterocycles. The van der Waals surface area contributed by atoms with E-state index in [4.69, 9.17) is 5.26 Å². The lowest BCUT2D eigenvalue weighted by Gasteiger charge is -2.12. The van der Waals surface area contributed by atoms with Gasteiger partial charge in [0.15, 0.2) is 0 Å². The van der Waals surface area contributed by atoms with E-state index in [1.807, 2.05) is 6.07 Å². The molecule has 7 nitrogen and oxygen atoms in total. The topological polar surface area (TPSA) is 108 Å². The van der Waals surface area contributed by atoms with Crippen molar-refractivity contribution in [2.24, 2.45) is 0 Å². The molecule has 2 N–H and O–H groups in total. The van der Waals surface area contributed by atoms with Gasteiger partial charge >= 0.3 is 16.3 Å². The Labute approximate surface area is 111 Å². The van der Waals surface area contributed by atoms with Gasteiger partial charge in [0.05, 0.1) is 17.4 Å². The Balaban J connectivity index is 2.81. The van der Waals surface area contributed by atoms with Crippen LogP contribution in [0, 0.1) is 11.3 Å². The van der Waals surface area contributed by atoms with Crippen LogP contribution in [0.5, 0.6) is 0 Å². The van der Waals surface area contributed by atoms with Crippen molar-refractivity contribution in [1.82, 2.24) is 4.72 Å². The minimum atomic E-state index is -4.14. The zero-order valence-corrected chi connectivity index (χ0v) is 11.2. The van der Waals surface area contributed by atoms with Gasteiger partial charge in [-0.2, -0.15) is 13.7 Å². The summed E-state index contributed by atoms with van der Waals surface area (Å²) in [4.78, 5) is 11.2. The van der Waals surface area contributed by atoms with Gasteiger partial charge in [0, 0.05) is 0 Å². The maximum absolute atomic E-state index is 11.6. The van der Waals surface area contributed by atoms with Gasteiger partial charge in [-0.1, -0.05) is 12.1 Å². The lowest BCUT2D eigenvalue weighted by atomic mass is 10.2. The fraction of sp³-hybridized carbons (Fsp3) is 0.273. The number of nitrogens with one attached hydrogen (secondary N) is 2. The van der Waals surface area contributed by atoms with Crippen molar-refractivity contribution < 1.29 is 17.9 Å². The van der Waals surface area contributed by atoms with E-state index in [0.717, 1.165) is 0 Å². The van der Waals surface area contributed by atoms with E-state index >= 15 is 0 Å². The van der Waals surface area contributed by atoms with Crippen LogP contribution >= 0.6 is 0 Å². The smallest absolute Gasteiger partial charge is 0.422 e. The third kappa shape index (κ3) is 4.85. The van der Waals surface area contributed by atoms with Gasteiger partial charge in [-0.3, -0.25) is 4.72 Å². The first-order valence-electron chi connectivity index (χ1n) is 5.34. The molecule has 0 radical (unpaired) electrons. The number of carbonyl (C=O) groups excluding carboxylic acids is 1. The number of carbonyl (C=O) groups is 1. The van der Waals surface area contributed by atoms with Crippen LogP contribution in [0.3, 0.4) is 0 Å². The summed E-state index contributed by atoms with van der Waals surface area (Å²) in [5, 5.41) is 8.82. The van der Waals surface area contributed by atoms with Gasteiger partial charge in [-0.05, 0) is 26.0 Å². The number of amides is 1. The summed E-state index contributed by atoms with van der Waals surface area (Å²) in [6.07, 6.45) is -1.53. The molecule has 1 aromatic carbocycles. The summed E-state index contributed by atoms with van der Waals surface area (Å²) in [5.41, 5.74) is 0.222. The standard InChI is InChI=1S/C11H13N3O4S/c1-8(2)18-11(15)14-19(16,17)13-10-6-4-3-5-9(10)7-12/h3-6,8,13H,1-2H3,(H,14,15). The second-order valence-corrected chi connectivity index (χ2v) is 5.23. The van der Waals surface area contributed by atoms with E-state index in [1.54, 1.807) is 30.7 Å². The minimum absolute atomic E-state index is 0.0786. The first-order chi connectivity index (χ1) is 8.84. The number of para-hydroxylation sites is 1. The normalized spacial score (nSPS) is 10.6. The Bertz CT molecular complexity index is 605. The lowest BCUT2D eigenvalue weighted by Crippen LogP contribution is -2.36. The van der Waals surface area contributed by atoms with E-state index in [2.05, 4.69) is 9.46 Å². The van der Waals surface area contributed by atoms with Crippen molar-refractivity contribution in [3.63, 3.8) is 0 Å². The molecule has 0 aromatic heterocycles. The highest BCUT2D eigenvalue weighted by molar-refractivity contribution is 7.91. The average molecular weight is 283 g/mol. The van der Waals surface area contributed by atoms with Gasteiger partial charge < -0.3 is 4.74 Å². The van der Waals surface area contributed by atoms with Gasteiger partial charge in [0.2, 0.25) is 0 Å². The summed E-state index contributed by atoms with van der Waals surface area (Å²) in [6, 6.07) is 7.84. The number of hydrogen-bond donors (Lipinski definition) is 2. The number of anilines is 1. The van der Waals surface area contributed by atoms with Crippen molar-refractivity contribution in [2.45, 2.75) is 20.0 Å². The second kappa shape index (κ2) is 6.06. The SMILES string of the molecule is CC(C)OC(=O)NS(=O)(=O)Nc1ccccc1C#N. The third-order valence-corrected chi connectivity index (χ3v) is 2.78. The molecule has 1 rings (SSSR count). The van der Waals surface area contributed by atoms with E-state index in [9.17, 15) is 13.2 Å². The van der Waals surface area contributed by atoms with Gasteiger partial charge in [0.1, 0.15) is 6.07 Å². The molecule has 0 fully saturated rings. The fourth-order valence-corrected chi connectivity index (χ4v) is 1.97. The monoisotopic (exact) mass is 283 g/mol. The number of benzene rings is 1. The zero-order valence-electron chi connectivity index (χ0n) is 10.4. The van der Waals surface area contributed by atoms with Crippen LogP contribution in [0.4, 0.5) is 10.5 Å². The molecule has 102 valence electrons. The van der Waals surface area contributed by atoms with Gasteiger partial charge in [-0.25, -0.2) is 9.52 Å². The molecule has 0 unspecified atom stereocenters. The molecule has 0 saturated heterocycles. The van der Waals surface area contributed by atoms with Crippen molar-refractivity contribution in [2.75, 3.05) is 4.72 Å². The first-order valence-corrected chi connectivity index (χ1v) is 6.82. The molecule has 0 spiro atoms.